The molecule has 0 aliphatic rings. The number of nitrogens with zero attached hydrogens (tertiary/aromatic N) is 1. The standard InChI is InChI=1S/C14H15N3O4/c18-9-11(6-10-4-2-1-3-5-10)16-14(19)13-7-12(8-15-13)17(20)21/h1-5,7-8,11,15,18H,6,9H2,(H,16,19). The Hall–Kier alpha value is -2.67. The molecule has 110 valence electrons. The van der Waals surface area contributed by atoms with E-state index in [0.717, 1.165) is 17.8 Å². The second kappa shape index (κ2) is 6.67. The SMILES string of the molecule is O=C(NC(CO)Cc1ccccc1)c1cc([N+](=O)[O-])c[nH]1. The number of aliphatic hydroxyl groups excluding tert-OH is 1. The number of hydrogen-bond acceptors (Lipinski definition) is 4. The second-order valence-electron chi connectivity index (χ2n) is 4.57. The van der Waals surface area contributed by atoms with Crippen molar-refractivity contribution in [3.8, 4) is 0 Å². The Morgan fingerprint density at radius 3 is 2.67 bits per heavy atom. The maximum Gasteiger partial charge on any atom is 0.287 e. The van der Waals surface area contributed by atoms with Crippen LogP contribution in [0.1, 0.15) is 16.1 Å². The summed E-state index contributed by atoms with van der Waals surface area (Å²) in [6.07, 6.45) is 1.63. The largest absolute Gasteiger partial charge is 0.394 e. The topological polar surface area (TPSA) is 108 Å². The van der Waals surface area contributed by atoms with E-state index in [0.29, 0.717) is 6.42 Å². The summed E-state index contributed by atoms with van der Waals surface area (Å²) < 4.78 is 0. The lowest BCUT2D eigenvalue weighted by Crippen LogP contribution is -2.39. The van der Waals surface area contributed by atoms with E-state index in [1.54, 1.807) is 0 Å². The van der Waals surface area contributed by atoms with Crippen LogP contribution in [0.4, 0.5) is 5.69 Å². The lowest BCUT2D eigenvalue weighted by atomic mass is 10.1. The Morgan fingerprint density at radius 1 is 1.38 bits per heavy atom. The predicted molar refractivity (Wildman–Crippen MR) is 75.9 cm³/mol. The number of carbonyl (C=O) groups excluding carboxylic acids is 1. The maximum atomic E-state index is 12.0. The normalized spacial score (nSPS) is 11.9. The molecular formula is C14H15N3O4. The van der Waals surface area contributed by atoms with Crippen LogP contribution in [0, 0.1) is 10.1 Å². The van der Waals surface area contributed by atoms with Gasteiger partial charge in [0.1, 0.15) is 5.69 Å². The van der Waals surface area contributed by atoms with Crippen molar-refractivity contribution in [2.75, 3.05) is 6.61 Å². The molecule has 0 spiro atoms. The molecule has 1 heterocycles. The lowest BCUT2D eigenvalue weighted by Gasteiger charge is -2.15. The minimum atomic E-state index is -0.583. The van der Waals surface area contributed by atoms with Crippen LogP contribution in [-0.4, -0.2) is 33.6 Å². The zero-order chi connectivity index (χ0) is 15.2. The first-order valence-electron chi connectivity index (χ1n) is 6.38. The molecule has 7 heteroatoms. The van der Waals surface area contributed by atoms with Crippen LogP contribution < -0.4 is 5.32 Å². The van der Waals surface area contributed by atoms with Gasteiger partial charge in [-0.3, -0.25) is 14.9 Å². The first kappa shape index (κ1) is 14.7. The molecule has 3 N–H and O–H groups in total. The highest BCUT2D eigenvalue weighted by Crippen LogP contribution is 2.12. The van der Waals surface area contributed by atoms with Crippen LogP contribution in [0.3, 0.4) is 0 Å². The Bertz CT molecular complexity index is 624. The summed E-state index contributed by atoms with van der Waals surface area (Å²) in [4.78, 5) is 24.5. The van der Waals surface area contributed by atoms with Gasteiger partial charge in [-0.25, -0.2) is 0 Å². The molecule has 2 aromatic rings. The monoisotopic (exact) mass is 289 g/mol. The van der Waals surface area contributed by atoms with Crippen molar-refractivity contribution < 1.29 is 14.8 Å². The molecule has 7 nitrogen and oxygen atoms in total. The number of benzene rings is 1. The highest BCUT2D eigenvalue weighted by molar-refractivity contribution is 5.93. The summed E-state index contributed by atoms with van der Waals surface area (Å²) in [7, 11) is 0. The maximum absolute atomic E-state index is 12.0. The molecule has 0 aliphatic heterocycles. The Kier molecular flexibility index (Phi) is 4.68. The zero-order valence-corrected chi connectivity index (χ0v) is 11.2. The van der Waals surface area contributed by atoms with Crippen LogP contribution in [0.15, 0.2) is 42.6 Å². The minimum absolute atomic E-state index is 0.0909. The fraction of sp³-hybridized carbons (Fsp3) is 0.214. The lowest BCUT2D eigenvalue weighted by molar-refractivity contribution is -0.384. The first-order valence-corrected chi connectivity index (χ1v) is 6.38. The number of aromatic amines is 1. The molecular weight excluding hydrogens is 274 g/mol. The molecule has 1 aromatic carbocycles. The molecule has 0 saturated carbocycles. The summed E-state index contributed by atoms with van der Waals surface area (Å²) >= 11 is 0. The molecule has 1 unspecified atom stereocenters. The summed E-state index contributed by atoms with van der Waals surface area (Å²) in [5.74, 6) is -0.488. The molecule has 21 heavy (non-hydrogen) atoms. The smallest absolute Gasteiger partial charge is 0.287 e. The third-order valence-corrected chi connectivity index (χ3v) is 3.00. The summed E-state index contributed by atoms with van der Waals surface area (Å²) in [6, 6.07) is 10.1. The van der Waals surface area contributed by atoms with Gasteiger partial charge in [-0.05, 0) is 12.0 Å². The molecule has 0 aliphatic carbocycles. The number of H-pyrrole nitrogens is 1. The Labute approximate surface area is 120 Å². The van der Waals surface area contributed by atoms with Crippen molar-refractivity contribution in [2.24, 2.45) is 0 Å². The zero-order valence-electron chi connectivity index (χ0n) is 11.2. The average Bonchev–Trinajstić information content (AvgIpc) is 2.97. The van der Waals surface area contributed by atoms with Crippen molar-refractivity contribution >= 4 is 11.6 Å². The van der Waals surface area contributed by atoms with Crippen LogP contribution in [0.2, 0.25) is 0 Å². The van der Waals surface area contributed by atoms with Gasteiger partial charge in [0, 0.05) is 6.07 Å². The summed E-state index contributed by atoms with van der Waals surface area (Å²) in [5.41, 5.74) is 0.895. The van der Waals surface area contributed by atoms with Gasteiger partial charge in [0.15, 0.2) is 0 Å². The quantitative estimate of drug-likeness (QED) is 0.549. The molecule has 1 aromatic heterocycles. The first-order chi connectivity index (χ1) is 10.1. The van der Waals surface area contributed by atoms with E-state index < -0.39 is 16.9 Å². The fourth-order valence-electron chi connectivity index (χ4n) is 1.94. The van der Waals surface area contributed by atoms with Gasteiger partial charge in [-0.2, -0.15) is 0 Å². The van der Waals surface area contributed by atoms with Gasteiger partial charge in [-0.1, -0.05) is 30.3 Å². The average molecular weight is 289 g/mol. The molecule has 0 bridgehead atoms. The van der Waals surface area contributed by atoms with E-state index in [1.807, 2.05) is 30.3 Å². The van der Waals surface area contributed by atoms with Crippen molar-refractivity contribution in [1.82, 2.24) is 10.3 Å². The molecule has 0 saturated heterocycles. The van der Waals surface area contributed by atoms with E-state index in [4.69, 9.17) is 0 Å². The number of carbonyl (C=O) groups is 1. The summed E-state index contributed by atoms with van der Waals surface area (Å²) in [6.45, 7) is -0.219. The Morgan fingerprint density at radius 2 is 2.10 bits per heavy atom. The van der Waals surface area contributed by atoms with Gasteiger partial charge >= 0.3 is 0 Å². The number of aliphatic hydroxyl groups is 1. The van der Waals surface area contributed by atoms with Crippen molar-refractivity contribution in [3.63, 3.8) is 0 Å². The molecule has 0 radical (unpaired) electrons. The number of rotatable bonds is 6. The Balaban J connectivity index is 2.00. The van der Waals surface area contributed by atoms with Gasteiger partial charge in [-0.15, -0.1) is 0 Å². The number of amides is 1. The van der Waals surface area contributed by atoms with Gasteiger partial charge in [0.05, 0.1) is 23.8 Å². The second-order valence-corrected chi connectivity index (χ2v) is 4.57. The fourth-order valence-corrected chi connectivity index (χ4v) is 1.94. The summed E-state index contributed by atoms with van der Waals surface area (Å²) in [5, 5.41) is 22.6. The number of nitro groups is 1. The molecule has 2 rings (SSSR count). The van der Waals surface area contributed by atoms with E-state index in [2.05, 4.69) is 10.3 Å². The van der Waals surface area contributed by atoms with Crippen molar-refractivity contribution in [3.05, 3.63) is 64.0 Å². The molecule has 0 fully saturated rings. The molecule has 1 amide bonds. The van der Waals surface area contributed by atoms with Crippen LogP contribution >= 0.6 is 0 Å². The highest BCUT2D eigenvalue weighted by atomic mass is 16.6. The van der Waals surface area contributed by atoms with Gasteiger partial charge < -0.3 is 15.4 Å². The van der Waals surface area contributed by atoms with Crippen LogP contribution in [-0.2, 0) is 6.42 Å². The predicted octanol–water partition coefficient (Wildman–Crippen LogP) is 1.26. The van der Waals surface area contributed by atoms with E-state index in [-0.39, 0.29) is 18.0 Å². The number of aromatic nitrogens is 1. The van der Waals surface area contributed by atoms with Gasteiger partial charge in [0.25, 0.3) is 11.6 Å². The number of hydrogen-bond donors (Lipinski definition) is 3. The van der Waals surface area contributed by atoms with Crippen LogP contribution in [0.5, 0.6) is 0 Å². The van der Waals surface area contributed by atoms with Crippen molar-refractivity contribution in [1.29, 1.82) is 0 Å². The van der Waals surface area contributed by atoms with Gasteiger partial charge in [0.2, 0.25) is 0 Å². The molecule has 1 atom stereocenters. The third kappa shape index (κ3) is 3.90. The van der Waals surface area contributed by atoms with Crippen LogP contribution in [0.25, 0.3) is 0 Å². The number of nitrogens with one attached hydrogen (secondary N) is 2. The van der Waals surface area contributed by atoms with E-state index >= 15 is 0 Å². The van der Waals surface area contributed by atoms with E-state index in [1.165, 1.54) is 0 Å². The van der Waals surface area contributed by atoms with Crippen molar-refractivity contribution in [2.45, 2.75) is 12.5 Å². The highest BCUT2D eigenvalue weighted by Gasteiger charge is 2.17. The minimum Gasteiger partial charge on any atom is -0.394 e. The van der Waals surface area contributed by atoms with E-state index in [9.17, 15) is 20.0 Å². The third-order valence-electron chi connectivity index (χ3n) is 3.00.